The van der Waals surface area contributed by atoms with Gasteiger partial charge in [-0.1, -0.05) is 13.8 Å². The highest BCUT2D eigenvalue weighted by atomic mass is 16.5. The van der Waals surface area contributed by atoms with Crippen molar-refractivity contribution in [3.63, 3.8) is 0 Å². The van der Waals surface area contributed by atoms with Crippen molar-refractivity contribution < 1.29 is 14.3 Å². The molecule has 1 amide bonds. The summed E-state index contributed by atoms with van der Waals surface area (Å²) in [5, 5.41) is 2.86. The number of methoxy groups -OCH3 is 1. The lowest BCUT2D eigenvalue weighted by molar-refractivity contribution is 0.102. The highest BCUT2D eigenvalue weighted by Gasteiger charge is 2.06. The van der Waals surface area contributed by atoms with Crippen molar-refractivity contribution in [3.05, 3.63) is 54.1 Å². The number of rotatable bonds is 7. The maximum absolute atomic E-state index is 12.2. The first-order chi connectivity index (χ1) is 11.1. The maximum Gasteiger partial charge on any atom is 0.255 e. The van der Waals surface area contributed by atoms with Gasteiger partial charge in [-0.25, -0.2) is 0 Å². The minimum atomic E-state index is -0.152. The highest BCUT2D eigenvalue weighted by molar-refractivity contribution is 6.04. The molecule has 0 radical (unpaired) electrons. The second-order valence-corrected chi connectivity index (χ2v) is 5.74. The van der Waals surface area contributed by atoms with Crippen LogP contribution in [0, 0.1) is 5.92 Å². The summed E-state index contributed by atoms with van der Waals surface area (Å²) in [5.74, 6) is 2.01. The van der Waals surface area contributed by atoms with E-state index in [4.69, 9.17) is 9.47 Å². The Labute approximate surface area is 137 Å². The quantitative estimate of drug-likeness (QED) is 0.825. The van der Waals surface area contributed by atoms with Gasteiger partial charge >= 0.3 is 0 Å². The summed E-state index contributed by atoms with van der Waals surface area (Å²) < 4.78 is 10.7. The molecule has 0 aliphatic carbocycles. The Morgan fingerprint density at radius 3 is 2.17 bits per heavy atom. The Balaban J connectivity index is 1.90. The predicted molar refractivity (Wildman–Crippen MR) is 92.3 cm³/mol. The van der Waals surface area contributed by atoms with E-state index in [-0.39, 0.29) is 5.91 Å². The molecule has 4 nitrogen and oxygen atoms in total. The second-order valence-electron chi connectivity index (χ2n) is 5.74. The van der Waals surface area contributed by atoms with Crippen LogP contribution in [0.15, 0.2) is 48.5 Å². The standard InChI is InChI=1S/C19H23NO3/c1-14(2)12-13-23-18-10-6-16(7-11-18)20-19(21)15-4-8-17(22-3)9-5-15/h4-11,14H,12-13H2,1-3H3,(H,20,21). The fourth-order valence-corrected chi connectivity index (χ4v) is 1.99. The van der Waals surface area contributed by atoms with Crippen molar-refractivity contribution in [2.75, 3.05) is 19.0 Å². The van der Waals surface area contributed by atoms with Gasteiger partial charge in [0, 0.05) is 11.3 Å². The minimum absolute atomic E-state index is 0.152. The van der Waals surface area contributed by atoms with Gasteiger partial charge in [0.05, 0.1) is 13.7 Å². The highest BCUT2D eigenvalue weighted by Crippen LogP contribution is 2.18. The van der Waals surface area contributed by atoms with E-state index in [0.717, 1.165) is 23.6 Å². The molecule has 2 aromatic carbocycles. The molecule has 0 saturated carbocycles. The Morgan fingerprint density at radius 1 is 1.00 bits per heavy atom. The van der Waals surface area contributed by atoms with Crippen LogP contribution in [0.5, 0.6) is 11.5 Å². The molecule has 0 aliphatic rings. The third-order valence-electron chi connectivity index (χ3n) is 3.43. The Morgan fingerprint density at radius 2 is 1.61 bits per heavy atom. The van der Waals surface area contributed by atoms with E-state index in [9.17, 15) is 4.79 Å². The normalized spacial score (nSPS) is 10.4. The van der Waals surface area contributed by atoms with Gasteiger partial charge in [0.1, 0.15) is 11.5 Å². The van der Waals surface area contributed by atoms with Crippen LogP contribution in [0.3, 0.4) is 0 Å². The fourth-order valence-electron chi connectivity index (χ4n) is 1.99. The van der Waals surface area contributed by atoms with Crippen LogP contribution in [0.1, 0.15) is 30.6 Å². The fraction of sp³-hybridized carbons (Fsp3) is 0.316. The van der Waals surface area contributed by atoms with Gasteiger partial charge in [0.15, 0.2) is 0 Å². The van der Waals surface area contributed by atoms with Crippen LogP contribution >= 0.6 is 0 Å². The molecule has 0 unspecified atom stereocenters. The zero-order valence-electron chi connectivity index (χ0n) is 13.8. The number of benzene rings is 2. The number of ether oxygens (including phenoxy) is 2. The molecule has 23 heavy (non-hydrogen) atoms. The number of hydrogen-bond acceptors (Lipinski definition) is 3. The van der Waals surface area contributed by atoms with E-state index >= 15 is 0 Å². The van der Waals surface area contributed by atoms with E-state index in [2.05, 4.69) is 19.2 Å². The average molecular weight is 313 g/mol. The number of amides is 1. The van der Waals surface area contributed by atoms with E-state index in [1.807, 2.05) is 24.3 Å². The van der Waals surface area contributed by atoms with Gasteiger partial charge < -0.3 is 14.8 Å². The molecule has 0 atom stereocenters. The number of anilines is 1. The average Bonchev–Trinajstić information content (AvgIpc) is 2.56. The van der Waals surface area contributed by atoms with Gasteiger partial charge in [-0.15, -0.1) is 0 Å². The molecule has 0 aliphatic heterocycles. The topological polar surface area (TPSA) is 47.6 Å². The molecule has 0 fully saturated rings. The van der Waals surface area contributed by atoms with Crippen LogP contribution < -0.4 is 14.8 Å². The lowest BCUT2D eigenvalue weighted by Gasteiger charge is -2.09. The van der Waals surface area contributed by atoms with E-state index in [1.165, 1.54) is 0 Å². The Kier molecular flexibility index (Phi) is 6.03. The summed E-state index contributed by atoms with van der Waals surface area (Å²) in [6, 6.07) is 14.4. The van der Waals surface area contributed by atoms with Crippen molar-refractivity contribution in [3.8, 4) is 11.5 Å². The zero-order chi connectivity index (χ0) is 16.7. The number of carbonyl (C=O) groups is 1. The van der Waals surface area contributed by atoms with Gasteiger partial charge in [-0.2, -0.15) is 0 Å². The lowest BCUT2D eigenvalue weighted by atomic mass is 10.1. The van der Waals surface area contributed by atoms with Crippen molar-refractivity contribution in [1.82, 2.24) is 0 Å². The zero-order valence-corrected chi connectivity index (χ0v) is 13.8. The smallest absolute Gasteiger partial charge is 0.255 e. The molecule has 0 spiro atoms. The Bertz CT molecular complexity index is 618. The SMILES string of the molecule is COc1ccc(C(=O)Nc2ccc(OCCC(C)C)cc2)cc1. The summed E-state index contributed by atoms with van der Waals surface area (Å²) in [6.07, 6.45) is 1.02. The van der Waals surface area contributed by atoms with Crippen molar-refractivity contribution in [2.45, 2.75) is 20.3 Å². The summed E-state index contributed by atoms with van der Waals surface area (Å²) in [4.78, 5) is 12.2. The molecule has 0 heterocycles. The summed E-state index contributed by atoms with van der Waals surface area (Å²) in [6.45, 7) is 5.04. The lowest BCUT2D eigenvalue weighted by Crippen LogP contribution is -2.11. The van der Waals surface area contributed by atoms with Crippen LogP contribution in [-0.4, -0.2) is 19.6 Å². The molecule has 2 rings (SSSR count). The molecule has 2 aromatic rings. The van der Waals surface area contributed by atoms with Gasteiger partial charge in [0.25, 0.3) is 5.91 Å². The first-order valence-electron chi connectivity index (χ1n) is 7.76. The minimum Gasteiger partial charge on any atom is -0.497 e. The first-order valence-corrected chi connectivity index (χ1v) is 7.76. The van der Waals surface area contributed by atoms with E-state index in [1.54, 1.807) is 31.4 Å². The predicted octanol–water partition coefficient (Wildman–Crippen LogP) is 4.37. The van der Waals surface area contributed by atoms with Crippen molar-refractivity contribution >= 4 is 11.6 Å². The monoisotopic (exact) mass is 313 g/mol. The molecule has 4 heteroatoms. The third kappa shape index (κ3) is 5.33. The maximum atomic E-state index is 12.2. The molecular formula is C19H23NO3. The van der Waals surface area contributed by atoms with E-state index < -0.39 is 0 Å². The van der Waals surface area contributed by atoms with E-state index in [0.29, 0.717) is 18.1 Å². The van der Waals surface area contributed by atoms with Gasteiger partial charge in [0.2, 0.25) is 0 Å². The largest absolute Gasteiger partial charge is 0.497 e. The van der Waals surface area contributed by atoms with Crippen LogP contribution in [-0.2, 0) is 0 Å². The van der Waals surface area contributed by atoms with Gasteiger partial charge in [-0.3, -0.25) is 4.79 Å². The third-order valence-corrected chi connectivity index (χ3v) is 3.43. The number of hydrogen-bond donors (Lipinski definition) is 1. The molecule has 0 saturated heterocycles. The first kappa shape index (κ1) is 16.9. The molecule has 1 N–H and O–H groups in total. The molecule has 0 bridgehead atoms. The van der Waals surface area contributed by atoms with Crippen molar-refractivity contribution in [1.29, 1.82) is 0 Å². The number of nitrogens with one attached hydrogen (secondary N) is 1. The summed E-state index contributed by atoms with van der Waals surface area (Å²) >= 11 is 0. The van der Waals surface area contributed by atoms with Crippen LogP contribution in [0.4, 0.5) is 5.69 Å². The van der Waals surface area contributed by atoms with Crippen LogP contribution in [0.2, 0.25) is 0 Å². The number of carbonyl (C=O) groups excluding carboxylic acids is 1. The molecular weight excluding hydrogens is 290 g/mol. The second kappa shape index (κ2) is 8.22. The van der Waals surface area contributed by atoms with Gasteiger partial charge in [-0.05, 0) is 60.9 Å². The Hall–Kier alpha value is -2.49. The summed E-state index contributed by atoms with van der Waals surface area (Å²) in [5.41, 5.74) is 1.32. The van der Waals surface area contributed by atoms with Crippen LogP contribution in [0.25, 0.3) is 0 Å². The molecule has 0 aromatic heterocycles. The summed E-state index contributed by atoms with van der Waals surface area (Å²) in [7, 11) is 1.60. The molecule has 122 valence electrons. The van der Waals surface area contributed by atoms with Crippen molar-refractivity contribution in [2.24, 2.45) is 5.92 Å².